The van der Waals surface area contributed by atoms with Crippen LogP contribution in [-0.2, 0) is 21.2 Å². The van der Waals surface area contributed by atoms with E-state index in [2.05, 4.69) is 14.7 Å². The van der Waals surface area contributed by atoms with E-state index in [-0.39, 0.29) is 4.90 Å². The number of rotatable bonds is 5. The second-order valence-corrected chi connectivity index (χ2v) is 9.88. The monoisotopic (exact) mass is 473 g/mol. The van der Waals surface area contributed by atoms with Gasteiger partial charge in [-0.05, 0) is 47.9 Å². The normalized spacial score (nSPS) is 15.5. The number of fused-ring (bicyclic) bond motifs is 2. The molecule has 0 aliphatic heterocycles. The van der Waals surface area contributed by atoms with Crippen molar-refractivity contribution in [3.63, 3.8) is 0 Å². The second-order valence-electron chi connectivity index (χ2n) is 8.23. The molecule has 1 aliphatic rings. The lowest BCUT2D eigenvalue weighted by Crippen LogP contribution is -2.36. The Bertz CT molecular complexity index is 1480. The lowest BCUT2D eigenvalue weighted by atomic mass is 9.79. The summed E-state index contributed by atoms with van der Waals surface area (Å²) in [5, 5.41) is 1.36. The van der Waals surface area contributed by atoms with Crippen LogP contribution in [0, 0.1) is 0 Å². The molecule has 1 amide bonds. The number of aromatic nitrogens is 2. The SMILES string of the molecule is COc1ccc(-c2cncnc2)c2c1C(C(=O)NS(=O)(=O)c1cccc3ccccc13)CCC2. The van der Waals surface area contributed by atoms with E-state index in [1.54, 1.807) is 37.7 Å². The van der Waals surface area contributed by atoms with Gasteiger partial charge in [0.25, 0.3) is 10.0 Å². The van der Waals surface area contributed by atoms with Crippen molar-refractivity contribution in [3.05, 3.63) is 84.4 Å². The third-order valence-corrected chi connectivity index (χ3v) is 7.67. The van der Waals surface area contributed by atoms with Crippen LogP contribution < -0.4 is 9.46 Å². The molecule has 4 aromatic rings. The summed E-state index contributed by atoms with van der Waals surface area (Å²) in [6.07, 6.45) is 6.93. The second kappa shape index (κ2) is 8.87. The van der Waals surface area contributed by atoms with Crippen LogP contribution in [0.5, 0.6) is 5.75 Å². The van der Waals surface area contributed by atoms with Crippen molar-refractivity contribution in [3.8, 4) is 16.9 Å². The highest BCUT2D eigenvalue weighted by molar-refractivity contribution is 7.90. The molecule has 1 N–H and O–H groups in total. The summed E-state index contributed by atoms with van der Waals surface area (Å²) in [6, 6.07) is 16.0. The number of carbonyl (C=O) groups is 1. The van der Waals surface area contributed by atoms with Crippen LogP contribution in [-0.4, -0.2) is 31.4 Å². The first-order valence-electron chi connectivity index (χ1n) is 11.0. The summed E-state index contributed by atoms with van der Waals surface area (Å²) < 4.78 is 34.5. The van der Waals surface area contributed by atoms with Crippen LogP contribution in [0.3, 0.4) is 0 Å². The summed E-state index contributed by atoms with van der Waals surface area (Å²) in [5.74, 6) is -0.653. The van der Waals surface area contributed by atoms with Crippen molar-refractivity contribution in [1.29, 1.82) is 0 Å². The average molecular weight is 474 g/mol. The summed E-state index contributed by atoms with van der Waals surface area (Å²) in [4.78, 5) is 21.7. The number of benzene rings is 3. The topological polar surface area (TPSA) is 98.2 Å². The molecule has 3 aromatic carbocycles. The maximum atomic E-state index is 13.4. The molecular formula is C26H23N3O4S. The van der Waals surface area contributed by atoms with E-state index in [0.717, 1.165) is 40.5 Å². The maximum Gasteiger partial charge on any atom is 0.264 e. The maximum absolute atomic E-state index is 13.4. The third kappa shape index (κ3) is 3.90. The Kier molecular flexibility index (Phi) is 5.75. The summed E-state index contributed by atoms with van der Waals surface area (Å²) in [6.45, 7) is 0. The number of nitrogens with one attached hydrogen (secondary N) is 1. The van der Waals surface area contributed by atoms with Gasteiger partial charge >= 0.3 is 0 Å². The molecule has 0 spiro atoms. The van der Waals surface area contributed by atoms with Gasteiger partial charge in [-0.15, -0.1) is 0 Å². The summed E-state index contributed by atoms with van der Waals surface area (Å²) in [7, 11) is -2.53. The molecule has 0 saturated heterocycles. The van der Waals surface area contributed by atoms with Gasteiger partial charge in [-0.25, -0.2) is 23.1 Å². The van der Waals surface area contributed by atoms with Gasteiger partial charge in [0.05, 0.1) is 17.9 Å². The Morgan fingerprint density at radius 1 is 1.03 bits per heavy atom. The smallest absolute Gasteiger partial charge is 0.264 e. The molecule has 0 fully saturated rings. The fourth-order valence-electron chi connectivity index (χ4n) is 4.76. The van der Waals surface area contributed by atoms with Crippen molar-refractivity contribution in [2.45, 2.75) is 30.1 Å². The van der Waals surface area contributed by atoms with E-state index in [0.29, 0.717) is 17.6 Å². The average Bonchev–Trinajstić information content (AvgIpc) is 2.87. The summed E-state index contributed by atoms with van der Waals surface area (Å²) in [5.41, 5.74) is 3.44. The van der Waals surface area contributed by atoms with E-state index >= 15 is 0 Å². The van der Waals surface area contributed by atoms with Crippen molar-refractivity contribution < 1.29 is 17.9 Å². The van der Waals surface area contributed by atoms with Crippen LogP contribution in [0.1, 0.15) is 29.9 Å². The Hall–Kier alpha value is -3.78. The lowest BCUT2D eigenvalue weighted by Gasteiger charge is -2.28. The van der Waals surface area contributed by atoms with Gasteiger partial charge in [-0.2, -0.15) is 0 Å². The Morgan fingerprint density at radius 3 is 2.59 bits per heavy atom. The van der Waals surface area contributed by atoms with E-state index in [9.17, 15) is 13.2 Å². The first-order valence-corrected chi connectivity index (χ1v) is 12.5. The largest absolute Gasteiger partial charge is 0.496 e. The molecule has 34 heavy (non-hydrogen) atoms. The predicted octanol–water partition coefficient (Wildman–Crippen LogP) is 4.23. The van der Waals surface area contributed by atoms with Crippen molar-refractivity contribution >= 4 is 26.7 Å². The molecule has 1 heterocycles. The molecular weight excluding hydrogens is 450 g/mol. The van der Waals surface area contributed by atoms with Crippen LogP contribution in [0.4, 0.5) is 0 Å². The number of ether oxygens (including phenoxy) is 1. The highest BCUT2D eigenvalue weighted by Crippen LogP contribution is 2.43. The van der Waals surface area contributed by atoms with E-state index in [4.69, 9.17) is 4.74 Å². The number of sulfonamides is 1. The lowest BCUT2D eigenvalue weighted by molar-refractivity contribution is -0.121. The molecule has 1 unspecified atom stereocenters. The zero-order valence-electron chi connectivity index (χ0n) is 18.6. The number of carbonyl (C=O) groups excluding carboxylic acids is 1. The molecule has 0 radical (unpaired) electrons. The molecule has 172 valence electrons. The van der Waals surface area contributed by atoms with E-state index in [1.807, 2.05) is 30.3 Å². The Balaban J connectivity index is 1.54. The molecule has 1 aliphatic carbocycles. The molecule has 5 rings (SSSR count). The minimum atomic E-state index is -4.08. The first-order chi connectivity index (χ1) is 16.5. The Morgan fingerprint density at radius 2 is 1.79 bits per heavy atom. The first kappa shape index (κ1) is 22.0. The molecule has 0 saturated carbocycles. The number of amides is 1. The number of nitrogens with zero attached hydrogens (tertiary/aromatic N) is 2. The quantitative estimate of drug-likeness (QED) is 0.466. The van der Waals surface area contributed by atoms with Gasteiger partial charge < -0.3 is 4.74 Å². The minimum Gasteiger partial charge on any atom is -0.496 e. The standard InChI is InChI=1S/C26H23N3O4S/c1-33-23-13-12-19(18-14-27-16-28-15-18)21-9-5-10-22(25(21)23)26(30)29-34(31,32)24-11-4-7-17-6-2-3-8-20(17)24/h2-4,6-8,11-16,22H,5,9-10H2,1H3,(H,29,30). The van der Waals surface area contributed by atoms with Gasteiger partial charge in [0, 0.05) is 28.9 Å². The van der Waals surface area contributed by atoms with Gasteiger partial charge in [-0.1, -0.05) is 42.5 Å². The van der Waals surface area contributed by atoms with Crippen molar-refractivity contribution in [2.75, 3.05) is 7.11 Å². The van der Waals surface area contributed by atoms with Gasteiger partial charge in [-0.3, -0.25) is 4.79 Å². The highest BCUT2D eigenvalue weighted by atomic mass is 32.2. The van der Waals surface area contributed by atoms with Crippen molar-refractivity contribution in [2.24, 2.45) is 0 Å². The van der Waals surface area contributed by atoms with Gasteiger partial charge in [0.15, 0.2) is 0 Å². The third-order valence-electron chi connectivity index (χ3n) is 6.27. The number of hydrogen-bond acceptors (Lipinski definition) is 6. The molecule has 1 atom stereocenters. The van der Waals surface area contributed by atoms with E-state index in [1.165, 1.54) is 12.4 Å². The highest BCUT2D eigenvalue weighted by Gasteiger charge is 2.34. The minimum absolute atomic E-state index is 0.0807. The summed E-state index contributed by atoms with van der Waals surface area (Å²) >= 11 is 0. The zero-order chi connectivity index (χ0) is 23.7. The molecule has 1 aromatic heterocycles. The molecule has 7 nitrogen and oxygen atoms in total. The predicted molar refractivity (Wildman–Crippen MR) is 129 cm³/mol. The van der Waals surface area contributed by atoms with Crippen molar-refractivity contribution in [1.82, 2.24) is 14.7 Å². The van der Waals surface area contributed by atoms with Crippen LogP contribution in [0.15, 0.2) is 78.2 Å². The van der Waals surface area contributed by atoms with Gasteiger partial charge in [0.2, 0.25) is 5.91 Å². The number of hydrogen-bond donors (Lipinski definition) is 1. The van der Waals surface area contributed by atoms with Crippen LogP contribution in [0.25, 0.3) is 21.9 Å². The van der Waals surface area contributed by atoms with Crippen LogP contribution in [0.2, 0.25) is 0 Å². The van der Waals surface area contributed by atoms with Gasteiger partial charge in [0.1, 0.15) is 12.1 Å². The Labute approximate surface area is 197 Å². The fourth-order valence-corrected chi connectivity index (χ4v) is 6.01. The van der Waals surface area contributed by atoms with E-state index < -0.39 is 21.8 Å². The molecule has 0 bridgehead atoms. The number of methoxy groups -OCH3 is 1. The zero-order valence-corrected chi connectivity index (χ0v) is 19.4. The molecule has 8 heteroatoms. The fraction of sp³-hybridized carbons (Fsp3) is 0.192. The van der Waals surface area contributed by atoms with Crippen LogP contribution >= 0.6 is 0 Å².